The number of carbonyl (C=O) groups excluding carboxylic acids is 1. The number of amides is 1. The molecule has 1 heterocycles. The fourth-order valence-corrected chi connectivity index (χ4v) is 3.65. The lowest BCUT2D eigenvalue weighted by Gasteiger charge is -2.38. The molecule has 3 aromatic carbocycles. The molecule has 0 aliphatic carbocycles. The van der Waals surface area contributed by atoms with Crippen LogP contribution in [0.15, 0.2) is 72.8 Å². The van der Waals surface area contributed by atoms with E-state index in [4.69, 9.17) is 4.74 Å². The molecule has 0 bridgehead atoms. The number of carbonyl (C=O) groups is 1. The van der Waals surface area contributed by atoms with Gasteiger partial charge < -0.3 is 10.1 Å². The summed E-state index contributed by atoms with van der Waals surface area (Å²) in [5.74, 6) is 1.16. The van der Waals surface area contributed by atoms with Crippen LogP contribution in [-0.4, -0.2) is 13.0 Å². The molecule has 142 valence electrons. The van der Waals surface area contributed by atoms with Gasteiger partial charge in [0, 0.05) is 16.9 Å². The molecule has 1 aliphatic heterocycles. The molecule has 0 saturated carbocycles. The van der Waals surface area contributed by atoms with Crippen molar-refractivity contribution in [1.29, 1.82) is 0 Å². The highest BCUT2D eigenvalue weighted by Gasteiger charge is 2.35. The molecule has 1 atom stereocenters. The summed E-state index contributed by atoms with van der Waals surface area (Å²) in [5, 5.41) is 3.53. The Balaban J connectivity index is 1.85. The molecule has 0 radical (unpaired) electrons. The quantitative estimate of drug-likeness (QED) is 0.649. The van der Waals surface area contributed by atoms with Gasteiger partial charge in [0.2, 0.25) is 0 Å². The predicted octanol–water partition coefficient (Wildman–Crippen LogP) is 5.59. The normalized spacial score (nSPS) is 15.9. The Hall–Kier alpha value is -3.27. The van der Waals surface area contributed by atoms with Crippen molar-refractivity contribution in [3.05, 3.63) is 89.5 Å². The number of nitrogens with one attached hydrogen (secondary N) is 1. The molecule has 1 unspecified atom stereocenters. The number of anilines is 2. The number of rotatable bonds is 4. The van der Waals surface area contributed by atoms with E-state index < -0.39 is 0 Å². The van der Waals surface area contributed by atoms with Crippen molar-refractivity contribution in [2.45, 2.75) is 25.9 Å². The molecule has 3 aromatic rings. The summed E-state index contributed by atoms with van der Waals surface area (Å²) in [4.78, 5) is 15.3. The Labute approximate surface area is 165 Å². The Morgan fingerprint density at radius 1 is 0.929 bits per heavy atom. The van der Waals surface area contributed by atoms with Gasteiger partial charge in [0.25, 0.3) is 5.91 Å². The molecular weight excluding hydrogens is 348 g/mol. The molecule has 1 aliphatic rings. The van der Waals surface area contributed by atoms with Crippen molar-refractivity contribution < 1.29 is 9.53 Å². The predicted molar refractivity (Wildman–Crippen MR) is 113 cm³/mol. The van der Waals surface area contributed by atoms with Gasteiger partial charge in [-0.15, -0.1) is 0 Å². The Kier molecular flexibility index (Phi) is 4.78. The van der Waals surface area contributed by atoms with Gasteiger partial charge in [-0.1, -0.05) is 56.3 Å². The second-order valence-corrected chi connectivity index (χ2v) is 7.26. The summed E-state index contributed by atoms with van der Waals surface area (Å²) in [6.07, 6.45) is -0.358. The van der Waals surface area contributed by atoms with Gasteiger partial charge in [0.05, 0.1) is 12.7 Å². The van der Waals surface area contributed by atoms with Crippen molar-refractivity contribution in [3.63, 3.8) is 0 Å². The minimum atomic E-state index is -0.358. The lowest BCUT2D eigenvalue weighted by molar-refractivity contribution is 0.0974. The lowest BCUT2D eigenvalue weighted by atomic mass is 10.00. The zero-order valence-corrected chi connectivity index (χ0v) is 16.3. The van der Waals surface area contributed by atoms with E-state index in [0.29, 0.717) is 11.5 Å². The molecule has 4 rings (SSSR count). The summed E-state index contributed by atoms with van der Waals surface area (Å²) < 4.78 is 5.58. The fraction of sp³-hybridized carbons (Fsp3) is 0.208. The average Bonchev–Trinajstić information content (AvgIpc) is 2.73. The molecule has 28 heavy (non-hydrogen) atoms. The number of para-hydroxylation sites is 2. The number of nitrogens with zero attached hydrogens (tertiary/aromatic N) is 1. The van der Waals surface area contributed by atoms with Gasteiger partial charge in [0.1, 0.15) is 11.9 Å². The number of fused-ring (bicyclic) bond motifs is 1. The van der Waals surface area contributed by atoms with E-state index in [1.54, 1.807) is 7.11 Å². The second kappa shape index (κ2) is 7.39. The highest BCUT2D eigenvalue weighted by Crippen LogP contribution is 2.39. The molecule has 0 saturated heterocycles. The summed E-state index contributed by atoms with van der Waals surface area (Å²) >= 11 is 0. The van der Waals surface area contributed by atoms with Crippen LogP contribution in [0.4, 0.5) is 11.4 Å². The minimum Gasteiger partial charge on any atom is -0.496 e. The van der Waals surface area contributed by atoms with E-state index in [2.05, 4.69) is 31.3 Å². The summed E-state index contributed by atoms with van der Waals surface area (Å²) in [5.41, 5.74) is 4.52. The van der Waals surface area contributed by atoms with E-state index >= 15 is 0 Å². The largest absolute Gasteiger partial charge is 0.496 e. The lowest BCUT2D eigenvalue weighted by Crippen LogP contribution is -2.43. The molecular formula is C24H24N2O2. The molecule has 0 spiro atoms. The highest BCUT2D eigenvalue weighted by molar-refractivity contribution is 6.12. The SMILES string of the molecule is COc1ccccc1C1Nc2ccccc2C(=O)N1c1ccc(C(C)C)cc1. The number of hydrogen-bond acceptors (Lipinski definition) is 3. The van der Waals surface area contributed by atoms with Crippen LogP contribution in [-0.2, 0) is 0 Å². The summed E-state index contributed by atoms with van der Waals surface area (Å²) in [6, 6.07) is 23.7. The summed E-state index contributed by atoms with van der Waals surface area (Å²) in [6.45, 7) is 4.33. The van der Waals surface area contributed by atoms with E-state index in [1.807, 2.05) is 65.6 Å². The van der Waals surface area contributed by atoms with Gasteiger partial charge in [-0.05, 0) is 41.8 Å². The maximum Gasteiger partial charge on any atom is 0.262 e. The topological polar surface area (TPSA) is 41.6 Å². The number of benzene rings is 3. The van der Waals surface area contributed by atoms with Gasteiger partial charge in [-0.2, -0.15) is 0 Å². The van der Waals surface area contributed by atoms with Crippen LogP contribution < -0.4 is 15.0 Å². The molecule has 0 fully saturated rings. The first-order valence-electron chi connectivity index (χ1n) is 9.52. The van der Waals surface area contributed by atoms with Crippen LogP contribution in [0.5, 0.6) is 5.75 Å². The highest BCUT2D eigenvalue weighted by atomic mass is 16.5. The smallest absolute Gasteiger partial charge is 0.262 e. The van der Waals surface area contributed by atoms with Crippen LogP contribution in [0.25, 0.3) is 0 Å². The van der Waals surface area contributed by atoms with E-state index in [-0.39, 0.29) is 12.1 Å². The molecule has 4 nitrogen and oxygen atoms in total. The monoisotopic (exact) mass is 372 g/mol. The first-order valence-corrected chi connectivity index (χ1v) is 9.52. The van der Waals surface area contributed by atoms with Crippen molar-refractivity contribution in [3.8, 4) is 5.75 Å². The molecule has 0 aromatic heterocycles. The van der Waals surface area contributed by atoms with Crippen molar-refractivity contribution in [2.24, 2.45) is 0 Å². The number of methoxy groups -OCH3 is 1. The third kappa shape index (κ3) is 3.11. The summed E-state index contributed by atoms with van der Waals surface area (Å²) in [7, 11) is 1.65. The van der Waals surface area contributed by atoms with Gasteiger partial charge in [-0.3, -0.25) is 9.69 Å². The van der Waals surface area contributed by atoms with Crippen LogP contribution in [0.1, 0.15) is 47.4 Å². The van der Waals surface area contributed by atoms with E-state index in [1.165, 1.54) is 5.56 Å². The van der Waals surface area contributed by atoms with Crippen molar-refractivity contribution in [1.82, 2.24) is 0 Å². The Bertz CT molecular complexity index is 995. The van der Waals surface area contributed by atoms with Crippen LogP contribution in [0, 0.1) is 0 Å². The van der Waals surface area contributed by atoms with E-state index in [0.717, 1.165) is 22.7 Å². The van der Waals surface area contributed by atoms with Crippen LogP contribution >= 0.6 is 0 Å². The molecule has 1 amide bonds. The third-order valence-corrected chi connectivity index (χ3v) is 5.20. The van der Waals surface area contributed by atoms with Gasteiger partial charge in [0.15, 0.2) is 0 Å². The van der Waals surface area contributed by atoms with Gasteiger partial charge in [-0.25, -0.2) is 0 Å². The third-order valence-electron chi connectivity index (χ3n) is 5.20. The zero-order valence-electron chi connectivity index (χ0n) is 16.3. The first kappa shape index (κ1) is 18.1. The standard InChI is InChI=1S/C24H24N2O2/c1-16(2)17-12-14-18(15-13-17)26-23(20-9-5-7-11-22(20)28-3)25-21-10-6-4-8-19(21)24(26)27/h4-16,23,25H,1-3H3. The van der Waals surface area contributed by atoms with Gasteiger partial charge >= 0.3 is 0 Å². The molecule has 1 N–H and O–H groups in total. The Morgan fingerprint density at radius 3 is 2.32 bits per heavy atom. The average molecular weight is 372 g/mol. The second-order valence-electron chi connectivity index (χ2n) is 7.26. The zero-order chi connectivity index (χ0) is 19.7. The van der Waals surface area contributed by atoms with Crippen molar-refractivity contribution >= 4 is 17.3 Å². The maximum absolute atomic E-state index is 13.5. The number of ether oxygens (including phenoxy) is 1. The van der Waals surface area contributed by atoms with Crippen LogP contribution in [0.2, 0.25) is 0 Å². The minimum absolute atomic E-state index is 0.0254. The van der Waals surface area contributed by atoms with Crippen LogP contribution in [0.3, 0.4) is 0 Å². The van der Waals surface area contributed by atoms with E-state index in [9.17, 15) is 4.79 Å². The first-order chi connectivity index (χ1) is 13.6. The number of hydrogen-bond donors (Lipinski definition) is 1. The molecule has 4 heteroatoms. The fourth-order valence-electron chi connectivity index (χ4n) is 3.65. The Morgan fingerprint density at radius 2 is 1.61 bits per heavy atom. The maximum atomic E-state index is 13.5. The van der Waals surface area contributed by atoms with Crippen molar-refractivity contribution in [2.75, 3.05) is 17.3 Å².